The quantitative estimate of drug-likeness (QED) is 0.479. The van der Waals surface area contributed by atoms with Gasteiger partial charge in [0.1, 0.15) is 6.61 Å². The number of rotatable bonds is 10. The van der Waals surface area contributed by atoms with E-state index in [4.69, 9.17) is 9.47 Å². The minimum absolute atomic E-state index is 0.0493. The number of aryl methyl sites for hydroxylation is 1. The van der Waals surface area contributed by atoms with E-state index >= 15 is 0 Å². The molecule has 0 aliphatic carbocycles. The first-order chi connectivity index (χ1) is 15.0. The average Bonchev–Trinajstić information content (AvgIpc) is 3.12. The fourth-order valence-electron chi connectivity index (χ4n) is 2.98. The van der Waals surface area contributed by atoms with Gasteiger partial charge < -0.3 is 19.4 Å². The number of thioether (sulfide) groups is 1. The van der Waals surface area contributed by atoms with Crippen molar-refractivity contribution < 1.29 is 14.3 Å². The predicted molar refractivity (Wildman–Crippen MR) is 121 cm³/mol. The van der Waals surface area contributed by atoms with E-state index in [1.165, 1.54) is 11.8 Å². The van der Waals surface area contributed by atoms with Crippen LogP contribution in [0.15, 0.2) is 53.7 Å². The molecular weight excluding hydrogens is 412 g/mol. The Morgan fingerprint density at radius 1 is 1.13 bits per heavy atom. The molecule has 1 aromatic heterocycles. The predicted octanol–water partition coefficient (Wildman–Crippen LogP) is 4.07. The molecule has 0 aliphatic heterocycles. The second-order valence-corrected chi connectivity index (χ2v) is 8.06. The average molecular weight is 441 g/mol. The van der Waals surface area contributed by atoms with Crippen LogP contribution >= 0.6 is 11.8 Å². The summed E-state index contributed by atoms with van der Waals surface area (Å²) in [6, 6.07) is 15.6. The van der Waals surface area contributed by atoms with Crippen molar-refractivity contribution in [1.82, 2.24) is 20.1 Å². The van der Waals surface area contributed by atoms with Crippen molar-refractivity contribution >= 4 is 17.7 Å². The standard InChI is InChI=1S/C23H28N4O3S/c1-5-29-20-13-16(2)11-12-19(20)30-14-21-25-26-23(27(21)4)31-15-22(28)24-17(3)18-9-7-6-8-10-18/h6-13,17H,5,14-15H2,1-4H3,(H,24,28)/t17-/m1/s1. The molecule has 7 nitrogen and oxygen atoms in total. The van der Waals surface area contributed by atoms with Crippen LogP contribution in [0.5, 0.6) is 11.5 Å². The molecule has 0 unspecified atom stereocenters. The number of carbonyl (C=O) groups excluding carboxylic acids is 1. The van der Waals surface area contributed by atoms with Crippen molar-refractivity contribution in [2.75, 3.05) is 12.4 Å². The fourth-order valence-corrected chi connectivity index (χ4v) is 3.72. The number of nitrogens with one attached hydrogen (secondary N) is 1. The van der Waals surface area contributed by atoms with Gasteiger partial charge in [0.2, 0.25) is 5.91 Å². The van der Waals surface area contributed by atoms with E-state index in [9.17, 15) is 4.79 Å². The largest absolute Gasteiger partial charge is 0.490 e. The van der Waals surface area contributed by atoms with Crippen LogP contribution < -0.4 is 14.8 Å². The lowest BCUT2D eigenvalue weighted by Gasteiger charge is -2.14. The van der Waals surface area contributed by atoms with Gasteiger partial charge in [-0.2, -0.15) is 0 Å². The van der Waals surface area contributed by atoms with Gasteiger partial charge in [0.25, 0.3) is 0 Å². The van der Waals surface area contributed by atoms with Gasteiger partial charge in [0.15, 0.2) is 22.5 Å². The number of carbonyl (C=O) groups is 1. The molecule has 2 aromatic carbocycles. The van der Waals surface area contributed by atoms with Crippen LogP contribution in [0.2, 0.25) is 0 Å². The lowest BCUT2D eigenvalue weighted by atomic mass is 10.1. The highest BCUT2D eigenvalue weighted by Crippen LogP contribution is 2.29. The van der Waals surface area contributed by atoms with Crippen LogP contribution in [0.1, 0.15) is 36.8 Å². The molecule has 164 valence electrons. The number of hydrogen-bond acceptors (Lipinski definition) is 6. The third kappa shape index (κ3) is 6.24. The summed E-state index contributed by atoms with van der Waals surface area (Å²) in [5, 5.41) is 12.1. The van der Waals surface area contributed by atoms with Crippen molar-refractivity contribution in [3.8, 4) is 11.5 Å². The molecule has 0 spiro atoms. The molecule has 1 N–H and O–H groups in total. The first kappa shape index (κ1) is 22.7. The third-order valence-electron chi connectivity index (χ3n) is 4.69. The van der Waals surface area contributed by atoms with Gasteiger partial charge in [-0.25, -0.2) is 0 Å². The Balaban J connectivity index is 1.54. The molecule has 0 saturated carbocycles. The number of amides is 1. The van der Waals surface area contributed by atoms with Crippen molar-refractivity contribution in [2.45, 2.75) is 38.6 Å². The molecular formula is C23H28N4O3S. The first-order valence-corrected chi connectivity index (χ1v) is 11.2. The topological polar surface area (TPSA) is 78.3 Å². The molecule has 0 bridgehead atoms. The lowest BCUT2D eigenvalue weighted by Crippen LogP contribution is -2.28. The second kappa shape index (κ2) is 10.9. The zero-order chi connectivity index (χ0) is 22.2. The molecule has 0 radical (unpaired) electrons. The Morgan fingerprint density at radius 2 is 1.90 bits per heavy atom. The van der Waals surface area contributed by atoms with E-state index in [2.05, 4.69) is 15.5 Å². The lowest BCUT2D eigenvalue weighted by molar-refractivity contribution is -0.119. The SMILES string of the molecule is CCOc1cc(C)ccc1OCc1nnc(SCC(=O)N[C@H](C)c2ccccc2)n1C. The Morgan fingerprint density at radius 3 is 2.65 bits per heavy atom. The number of hydrogen-bond donors (Lipinski definition) is 1. The van der Waals surface area contributed by atoms with Crippen LogP contribution in [-0.4, -0.2) is 33.0 Å². The zero-order valence-electron chi connectivity index (χ0n) is 18.3. The highest BCUT2D eigenvalue weighted by molar-refractivity contribution is 7.99. The minimum Gasteiger partial charge on any atom is -0.490 e. The van der Waals surface area contributed by atoms with Crippen molar-refractivity contribution in [3.63, 3.8) is 0 Å². The Kier molecular flexibility index (Phi) is 7.94. The molecule has 8 heteroatoms. The van der Waals surface area contributed by atoms with Crippen LogP contribution in [-0.2, 0) is 18.4 Å². The number of aromatic nitrogens is 3. The Hall–Kier alpha value is -3.00. The summed E-state index contributed by atoms with van der Waals surface area (Å²) in [6.45, 7) is 6.74. The van der Waals surface area contributed by atoms with Crippen molar-refractivity contribution in [3.05, 3.63) is 65.5 Å². The van der Waals surface area contributed by atoms with E-state index < -0.39 is 0 Å². The van der Waals surface area contributed by atoms with Gasteiger partial charge in [-0.05, 0) is 44.0 Å². The van der Waals surface area contributed by atoms with Crippen LogP contribution in [0.3, 0.4) is 0 Å². The van der Waals surface area contributed by atoms with Gasteiger partial charge in [-0.15, -0.1) is 10.2 Å². The molecule has 0 fully saturated rings. The van der Waals surface area contributed by atoms with Gasteiger partial charge in [-0.1, -0.05) is 48.2 Å². The second-order valence-electron chi connectivity index (χ2n) is 7.12. The van der Waals surface area contributed by atoms with Gasteiger partial charge in [-0.3, -0.25) is 4.79 Å². The van der Waals surface area contributed by atoms with E-state index in [0.29, 0.717) is 29.1 Å². The maximum Gasteiger partial charge on any atom is 0.230 e. The molecule has 3 rings (SSSR count). The molecule has 3 aromatic rings. The first-order valence-electron chi connectivity index (χ1n) is 10.2. The number of benzene rings is 2. The highest BCUT2D eigenvalue weighted by Gasteiger charge is 2.15. The Bertz CT molecular complexity index is 1010. The van der Waals surface area contributed by atoms with E-state index in [1.54, 1.807) is 0 Å². The highest BCUT2D eigenvalue weighted by atomic mass is 32.2. The van der Waals surface area contributed by atoms with E-state index in [1.807, 2.05) is 80.9 Å². The van der Waals surface area contributed by atoms with Gasteiger partial charge >= 0.3 is 0 Å². The summed E-state index contributed by atoms with van der Waals surface area (Å²) in [7, 11) is 1.87. The number of nitrogens with zero attached hydrogens (tertiary/aromatic N) is 3. The van der Waals surface area contributed by atoms with Crippen molar-refractivity contribution in [1.29, 1.82) is 0 Å². The minimum atomic E-state index is -0.0526. The maximum atomic E-state index is 12.3. The van der Waals surface area contributed by atoms with Crippen LogP contribution in [0.4, 0.5) is 0 Å². The number of ether oxygens (including phenoxy) is 2. The smallest absolute Gasteiger partial charge is 0.230 e. The monoisotopic (exact) mass is 440 g/mol. The van der Waals surface area contributed by atoms with Crippen molar-refractivity contribution in [2.24, 2.45) is 7.05 Å². The fraction of sp³-hybridized carbons (Fsp3) is 0.348. The molecule has 31 heavy (non-hydrogen) atoms. The molecule has 1 heterocycles. The molecule has 1 atom stereocenters. The normalized spacial score (nSPS) is 11.7. The Labute approximate surface area is 187 Å². The van der Waals surface area contributed by atoms with E-state index in [-0.39, 0.29) is 24.3 Å². The molecule has 1 amide bonds. The summed E-state index contributed by atoms with van der Waals surface area (Å²) in [5.41, 5.74) is 2.18. The van der Waals surface area contributed by atoms with Gasteiger partial charge in [0, 0.05) is 7.05 Å². The van der Waals surface area contributed by atoms with E-state index in [0.717, 1.165) is 11.1 Å². The summed E-state index contributed by atoms with van der Waals surface area (Å²) >= 11 is 1.35. The third-order valence-corrected chi connectivity index (χ3v) is 5.71. The summed E-state index contributed by atoms with van der Waals surface area (Å²) in [4.78, 5) is 12.3. The zero-order valence-corrected chi connectivity index (χ0v) is 19.1. The maximum absolute atomic E-state index is 12.3. The molecule has 0 saturated heterocycles. The summed E-state index contributed by atoms with van der Waals surface area (Å²) in [6.07, 6.45) is 0. The molecule has 0 aliphatic rings. The summed E-state index contributed by atoms with van der Waals surface area (Å²) in [5.74, 6) is 2.25. The van der Waals surface area contributed by atoms with Crippen LogP contribution in [0, 0.1) is 6.92 Å². The van der Waals surface area contributed by atoms with Gasteiger partial charge in [0.05, 0.1) is 18.4 Å². The summed E-state index contributed by atoms with van der Waals surface area (Å²) < 4.78 is 13.4. The van der Waals surface area contributed by atoms with Crippen LogP contribution in [0.25, 0.3) is 0 Å².